The van der Waals surface area contributed by atoms with E-state index in [1.54, 1.807) is 31.4 Å². The second-order valence-electron chi connectivity index (χ2n) is 4.75. The molecule has 0 spiro atoms. The molecule has 0 saturated carbocycles. The molecule has 0 fully saturated rings. The topological polar surface area (TPSA) is 34.0 Å². The third kappa shape index (κ3) is 3.68. The summed E-state index contributed by atoms with van der Waals surface area (Å²) in [7, 11) is 1.71. The minimum atomic E-state index is -0.216. The lowest BCUT2D eigenvalue weighted by Crippen LogP contribution is -2.21. The van der Waals surface area contributed by atoms with Crippen molar-refractivity contribution >= 4 is 5.69 Å². The minimum Gasteiger partial charge on any atom is -0.381 e. The first-order valence-corrected chi connectivity index (χ1v) is 6.22. The average molecular weight is 260 g/mol. The van der Waals surface area contributed by atoms with Crippen LogP contribution in [0.1, 0.15) is 12.5 Å². The lowest BCUT2D eigenvalue weighted by Gasteiger charge is -2.15. The van der Waals surface area contributed by atoms with Gasteiger partial charge in [-0.3, -0.25) is 4.79 Å². The van der Waals surface area contributed by atoms with Crippen molar-refractivity contribution in [1.29, 1.82) is 0 Å². The average Bonchev–Trinajstić information content (AvgIpc) is 2.34. The number of aryl methyl sites for hydroxylation is 1. The second kappa shape index (κ2) is 5.69. The number of nitrogens with zero attached hydrogens (tertiary/aromatic N) is 1. The fraction of sp³-hybridized carbons (Fsp3) is 0.267. The Morgan fingerprint density at radius 1 is 1.32 bits per heavy atom. The number of hydrogen-bond donors (Lipinski definition) is 1. The number of rotatable bonds is 4. The molecule has 19 heavy (non-hydrogen) atoms. The molecule has 0 aliphatic carbocycles. The standard InChI is InChI=1S/C15H17FN2O/c1-11(8-12-4-3-5-13(16)9-12)17-14-6-7-15(19)18(2)10-14/h3-7,9-11,17H,8H2,1-2H3. The highest BCUT2D eigenvalue weighted by Crippen LogP contribution is 2.10. The van der Waals surface area contributed by atoms with Gasteiger partial charge in [-0.25, -0.2) is 4.39 Å². The van der Waals surface area contributed by atoms with Crippen LogP contribution in [0.4, 0.5) is 10.1 Å². The molecule has 1 heterocycles. The molecular formula is C15H17FN2O. The molecule has 100 valence electrons. The van der Waals surface area contributed by atoms with Crippen molar-refractivity contribution < 1.29 is 4.39 Å². The van der Waals surface area contributed by atoms with Crippen LogP contribution in [0, 0.1) is 5.82 Å². The second-order valence-corrected chi connectivity index (χ2v) is 4.75. The maximum absolute atomic E-state index is 13.1. The fourth-order valence-corrected chi connectivity index (χ4v) is 2.03. The third-order valence-electron chi connectivity index (χ3n) is 2.93. The van der Waals surface area contributed by atoms with E-state index in [4.69, 9.17) is 0 Å². The molecule has 4 heteroatoms. The van der Waals surface area contributed by atoms with Crippen molar-refractivity contribution in [2.45, 2.75) is 19.4 Å². The Morgan fingerprint density at radius 3 is 2.79 bits per heavy atom. The van der Waals surface area contributed by atoms with E-state index in [9.17, 15) is 9.18 Å². The molecule has 2 aromatic rings. The summed E-state index contributed by atoms with van der Waals surface area (Å²) in [5, 5.41) is 3.30. The van der Waals surface area contributed by atoms with Crippen LogP contribution in [0.25, 0.3) is 0 Å². The van der Waals surface area contributed by atoms with Crippen LogP contribution in [0.15, 0.2) is 47.4 Å². The van der Waals surface area contributed by atoms with E-state index in [2.05, 4.69) is 5.32 Å². The molecule has 0 saturated heterocycles. The first kappa shape index (κ1) is 13.3. The lowest BCUT2D eigenvalue weighted by atomic mass is 10.1. The van der Waals surface area contributed by atoms with Gasteiger partial charge in [-0.1, -0.05) is 12.1 Å². The summed E-state index contributed by atoms with van der Waals surface area (Å²) >= 11 is 0. The zero-order valence-electron chi connectivity index (χ0n) is 11.1. The molecule has 1 aromatic carbocycles. The summed E-state index contributed by atoms with van der Waals surface area (Å²) in [5.41, 5.74) is 1.79. The number of nitrogens with one attached hydrogen (secondary N) is 1. The Hall–Kier alpha value is -2.10. The Balaban J connectivity index is 2.03. The molecule has 0 aliphatic rings. The Labute approximate surface area is 111 Å². The van der Waals surface area contributed by atoms with E-state index in [1.807, 2.05) is 13.0 Å². The summed E-state index contributed by atoms with van der Waals surface area (Å²) < 4.78 is 14.6. The van der Waals surface area contributed by atoms with Crippen LogP contribution in [0.3, 0.4) is 0 Å². The first-order valence-electron chi connectivity index (χ1n) is 6.22. The van der Waals surface area contributed by atoms with E-state index in [0.29, 0.717) is 0 Å². The van der Waals surface area contributed by atoms with Gasteiger partial charge >= 0.3 is 0 Å². The predicted molar refractivity (Wildman–Crippen MR) is 74.9 cm³/mol. The van der Waals surface area contributed by atoms with Gasteiger partial charge in [0, 0.05) is 25.4 Å². The van der Waals surface area contributed by atoms with Gasteiger partial charge in [0.15, 0.2) is 0 Å². The van der Waals surface area contributed by atoms with Gasteiger partial charge in [0.1, 0.15) is 5.82 Å². The van der Waals surface area contributed by atoms with Gasteiger partial charge in [-0.15, -0.1) is 0 Å². The zero-order chi connectivity index (χ0) is 13.8. The van der Waals surface area contributed by atoms with E-state index in [0.717, 1.165) is 17.7 Å². The van der Waals surface area contributed by atoms with Crippen LogP contribution in [0.5, 0.6) is 0 Å². The number of anilines is 1. The molecule has 1 aromatic heterocycles. The van der Waals surface area contributed by atoms with Crippen LogP contribution in [-0.2, 0) is 13.5 Å². The van der Waals surface area contributed by atoms with E-state index >= 15 is 0 Å². The monoisotopic (exact) mass is 260 g/mol. The first-order chi connectivity index (χ1) is 9.04. The molecule has 0 bridgehead atoms. The van der Waals surface area contributed by atoms with Crippen LogP contribution >= 0.6 is 0 Å². The molecule has 1 N–H and O–H groups in total. The maximum Gasteiger partial charge on any atom is 0.250 e. The van der Waals surface area contributed by atoms with Gasteiger partial charge in [0.05, 0.1) is 5.69 Å². The summed E-state index contributed by atoms with van der Waals surface area (Å²) in [6.07, 6.45) is 2.48. The Bertz CT molecular complexity index is 622. The molecule has 3 nitrogen and oxygen atoms in total. The van der Waals surface area contributed by atoms with Gasteiger partial charge in [0.2, 0.25) is 5.56 Å². The molecule has 1 atom stereocenters. The normalized spacial score (nSPS) is 12.2. The van der Waals surface area contributed by atoms with Gasteiger partial charge in [-0.05, 0) is 37.1 Å². The van der Waals surface area contributed by atoms with Gasteiger partial charge in [-0.2, -0.15) is 0 Å². The fourth-order valence-electron chi connectivity index (χ4n) is 2.03. The molecule has 1 unspecified atom stereocenters. The van der Waals surface area contributed by atoms with Crippen molar-refractivity contribution in [3.05, 3.63) is 64.3 Å². The minimum absolute atomic E-state index is 0.0386. The van der Waals surface area contributed by atoms with Crippen LogP contribution < -0.4 is 10.9 Å². The summed E-state index contributed by atoms with van der Waals surface area (Å²) in [4.78, 5) is 11.3. The predicted octanol–water partition coefficient (Wildman–Crippen LogP) is 2.57. The SMILES string of the molecule is CC(Cc1cccc(F)c1)Nc1ccc(=O)n(C)c1. The van der Waals surface area contributed by atoms with E-state index in [-0.39, 0.29) is 17.4 Å². The molecule has 2 rings (SSSR count). The number of aromatic nitrogens is 1. The summed E-state index contributed by atoms with van der Waals surface area (Å²) in [6, 6.07) is 10.0. The van der Waals surface area contributed by atoms with Crippen LogP contribution in [0.2, 0.25) is 0 Å². The number of halogens is 1. The third-order valence-corrected chi connectivity index (χ3v) is 2.93. The number of pyridine rings is 1. The van der Waals surface area contributed by atoms with Crippen molar-refractivity contribution in [2.75, 3.05) is 5.32 Å². The number of benzene rings is 1. The molecule has 0 amide bonds. The van der Waals surface area contributed by atoms with Crippen molar-refractivity contribution in [3.63, 3.8) is 0 Å². The molecule has 0 aliphatic heterocycles. The van der Waals surface area contributed by atoms with E-state index < -0.39 is 0 Å². The Morgan fingerprint density at radius 2 is 2.11 bits per heavy atom. The van der Waals surface area contributed by atoms with E-state index in [1.165, 1.54) is 16.7 Å². The lowest BCUT2D eigenvalue weighted by molar-refractivity contribution is 0.624. The zero-order valence-corrected chi connectivity index (χ0v) is 11.1. The highest BCUT2D eigenvalue weighted by Gasteiger charge is 2.05. The largest absolute Gasteiger partial charge is 0.381 e. The summed E-state index contributed by atoms with van der Waals surface area (Å²) in [6.45, 7) is 2.02. The smallest absolute Gasteiger partial charge is 0.250 e. The molecular weight excluding hydrogens is 243 g/mol. The van der Waals surface area contributed by atoms with Gasteiger partial charge in [0.25, 0.3) is 0 Å². The Kier molecular flexibility index (Phi) is 4.00. The molecule has 0 radical (unpaired) electrons. The highest BCUT2D eigenvalue weighted by atomic mass is 19.1. The summed E-state index contributed by atoms with van der Waals surface area (Å²) in [5.74, 6) is -0.216. The van der Waals surface area contributed by atoms with Crippen molar-refractivity contribution in [2.24, 2.45) is 7.05 Å². The number of hydrogen-bond acceptors (Lipinski definition) is 2. The highest BCUT2D eigenvalue weighted by molar-refractivity contribution is 5.41. The van der Waals surface area contributed by atoms with Crippen LogP contribution in [-0.4, -0.2) is 10.6 Å². The van der Waals surface area contributed by atoms with Crippen molar-refractivity contribution in [1.82, 2.24) is 4.57 Å². The van der Waals surface area contributed by atoms with Crippen molar-refractivity contribution in [3.8, 4) is 0 Å². The van der Waals surface area contributed by atoms with Gasteiger partial charge < -0.3 is 9.88 Å². The quantitative estimate of drug-likeness (QED) is 0.916. The maximum atomic E-state index is 13.1.